The number of aliphatic hydroxyl groups excluding tert-OH is 1. The van der Waals surface area contributed by atoms with E-state index in [1.165, 1.54) is 5.57 Å². The predicted octanol–water partition coefficient (Wildman–Crippen LogP) is 5.32. The molecule has 0 amide bonds. The number of fused-ring (bicyclic) bond motifs is 1. The van der Waals surface area contributed by atoms with Crippen molar-refractivity contribution in [3.63, 3.8) is 0 Å². The minimum atomic E-state index is 0.315. The van der Waals surface area contributed by atoms with Gasteiger partial charge in [0.05, 0.1) is 5.57 Å². The maximum absolute atomic E-state index is 11.1. The third-order valence-electron chi connectivity index (χ3n) is 5.29. The highest BCUT2D eigenvalue weighted by atomic mass is 16.3. The molecule has 0 aromatic carbocycles. The molecule has 0 atom stereocenters. The Balaban J connectivity index is 2.08. The van der Waals surface area contributed by atoms with E-state index in [1.807, 2.05) is 7.05 Å². The van der Waals surface area contributed by atoms with E-state index in [0.29, 0.717) is 5.76 Å². The van der Waals surface area contributed by atoms with E-state index in [-0.39, 0.29) is 0 Å². The molecule has 0 bridgehead atoms. The molecule has 0 radical (unpaired) electrons. The molecule has 3 heteroatoms. The van der Waals surface area contributed by atoms with Crippen LogP contribution in [0.25, 0.3) is 0 Å². The predicted molar refractivity (Wildman–Crippen MR) is 105 cm³/mol. The highest BCUT2D eigenvalue weighted by molar-refractivity contribution is 5.63. The first kappa shape index (κ1) is 17.4. The maximum Gasteiger partial charge on any atom is 0.136 e. The first-order valence-electron chi connectivity index (χ1n) is 9.07. The van der Waals surface area contributed by atoms with Gasteiger partial charge >= 0.3 is 0 Å². The quantitative estimate of drug-likeness (QED) is 0.752. The van der Waals surface area contributed by atoms with Crippen molar-refractivity contribution in [2.45, 2.75) is 39.5 Å². The average Bonchev–Trinajstić information content (AvgIpc) is 2.61. The lowest BCUT2D eigenvalue weighted by Crippen LogP contribution is -2.32. The van der Waals surface area contributed by atoms with Crippen LogP contribution in [-0.2, 0) is 0 Å². The van der Waals surface area contributed by atoms with Crippen LogP contribution in [0, 0.1) is 0 Å². The van der Waals surface area contributed by atoms with Gasteiger partial charge in [-0.3, -0.25) is 0 Å². The molecule has 3 nitrogen and oxygen atoms in total. The summed E-state index contributed by atoms with van der Waals surface area (Å²) in [7, 11) is 2.02. The first-order valence-corrected chi connectivity index (χ1v) is 9.07. The fourth-order valence-corrected chi connectivity index (χ4v) is 3.84. The Morgan fingerprint density at radius 1 is 1.28 bits per heavy atom. The summed E-state index contributed by atoms with van der Waals surface area (Å²) in [6, 6.07) is 0. The van der Waals surface area contributed by atoms with Gasteiger partial charge in [0.25, 0.3) is 0 Å². The number of rotatable bonds is 4. The monoisotopic (exact) mass is 336 g/mol. The second-order valence-electron chi connectivity index (χ2n) is 6.81. The van der Waals surface area contributed by atoms with Crippen LogP contribution in [0.3, 0.4) is 0 Å². The molecular formula is C22H28N2O. The Kier molecular flexibility index (Phi) is 4.76. The van der Waals surface area contributed by atoms with E-state index in [0.717, 1.165) is 66.2 Å². The van der Waals surface area contributed by atoms with Gasteiger partial charge in [-0.2, -0.15) is 0 Å². The van der Waals surface area contributed by atoms with Gasteiger partial charge in [0, 0.05) is 42.0 Å². The van der Waals surface area contributed by atoms with Crippen molar-refractivity contribution in [3.8, 4) is 0 Å². The summed E-state index contributed by atoms with van der Waals surface area (Å²) in [6.45, 7) is 13.6. The fraction of sp³-hybridized carbons (Fsp3) is 0.364. The number of nitrogens with zero attached hydrogens (tertiary/aromatic N) is 2. The molecule has 0 fully saturated rings. The van der Waals surface area contributed by atoms with Crippen LogP contribution in [0.1, 0.15) is 39.5 Å². The molecule has 0 aromatic rings. The molecule has 3 aliphatic rings. The second-order valence-corrected chi connectivity index (χ2v) is 6.81. The number of likely N-dealkylation sites (N-methyl/N-ethyl adjacent to an activating group) is 2. The number of hydrogen-bond donors (Lipinski definition) is 1. The number of hydrogen-bond acceptors (Lipinski definition) is 3. The third kappa shape index (κ3) is 2.88. The summed E-state index contributed by atoms with van der Waals surface area (Å²) in [5, 5.41) is 11.1. The highest BCUT2D eigenvalue weighted by Gasteiger charge is 2.33. The van der Waals surface area contributed by atoms with E-state index in [4.69, 9.17) is 0 Å². The van der Waals surface area contributed by atoms with Gasteiger partial charge in [0.2, 0.25) is 0 Å². The Bertz CT molecular complexity index is 774. The topological polar surface area (TPSA) is 26.7 Å². The van der Waals surface area contributed by atoms with Crippen LogP contribution in [0.4, 0.5) is 0 Å². The van der Waals surface area contributed by atoms with E-state index < -0.39 is 0 Å². The van der Waals surface area contributed by atoms with Crippen LogP contribution >= 0.6 is 0 Å². The van der Waals surface area contributed by atoms with Crippen LogP contribution in [0.15, 0.2) is 82.7 Å². The molecular weight excluding hydrogens is 308 g/mol. The molecule has 1 aliphatic heterocycles. The van der Waals surface area contributed by atoms with Crippen molar-refractivity contribution in [2.75, 3.05) is 13.6 Å². The van der Waals surface area contributed by atoms with Crippen molar-refractivity contribution in [1.82, 2.24) is 9.80 Å². The van der Waals surface area contributed by atoms with E-state index in [9.17, 15) is 5.11 Å². The van der Waals surface area contributed by atoms with Gasteiger partial charge in [-0.25, -0.2) is 0 Å². The van der Waals surface area contributed by atoms with E-state index in [2.05, 4.69) is 61.1 Å². The van der Waals surface area contributed by atoms with Crippen LogP contribution in [0.2, 0.25) is 0 Å². The molecule has 132 valence electrons. The Labute approximate surface area is 151 Å². The van der Waals surface area contributed by atoms with Crippen molar-refractivity contribution in [3.05, 3.63) is 82.7 Å². The molecule has 2 aliphatic carbocycles. The number of aliphatic hydroxyl groups is 1. The molecule has 3 rings (SSSR count). The van der Waals surface area contributed by atoms with Crippen LogP contribution in [0.5, 0.6) is 0 Å². The lowest BCUT2D eigenvalue weighted by molar-refractivity contribution is 0.376. The standard InChI is InChI=1S/C22H28N2O/c1-6-24(18-12-8-7-9-13-18)17(4)21-16(3)23(5)19-14-10-11-15(2)20(19)22(21)25/h8,12-14,25H,3-4,6-7,9-11H2,1-2,5H3. The minimum Gasteiger partial charge on any atom is -0.506 e. The molecule has 0 spiro atoms. The van der Waals surface area contributed by atoms with E-state index in [1.54, 1.807) is 0 Å². The van der Waals surface area contributed by atoms with Gasteiger partial charge in [0.15, 0.2) is 0 Å². The van der Waals surface area contributed by atoms with Gasteiger partial charge in [-0.05, 0) is 45.6 Å². The second kappa shape index (κ2) is 6.83. The lowest BCUT2D eigenvalue weighted by atomic mass is 9.87. The molecule has 1 N–H and O–H groups in total. The summed E-state index contributed by atoms with van der Waals surface area (Å²) < 4.78 is 0. The van der Waals surface area contributed by atoms with Crippen molar-refractivity contribution in [2.24, 2.45) is 0 Å². The smallest absolute Gasteiger partial charge is 0.136 e. The van der Waals surface area contributed by atoms with Gasteiger partial charge < -0.3 is 14.9 Å². The van der Waals surface area contributed by atoms with Crippen molar-refractivity contribution in [1.29, 1.82) is 0 Å². The summed E-state index contributed by atoms with van der Waals surface area (Å²) in [6.07, 6.45) is 12.9. The Morgan fingerprint density at radius 3 is 2.68 bits per heavy atom. The van der Waals surface area contributed by atoms with Crippen molar-refractivity contribution >= 4 is 0 Å². The first-order chi connectivity index (χ1) is 12.0. The zero-order valence-electron chi connectivity index (χ0n) is 15.6. The lowest BCUT2D eigenvalue weighted by Gasteiger charge is -2.39. The van der Waals surface area contributed by atoms with Gasteiger partial charge in [-0.1, -0.05) is 37.0 Å². The molecule has 25 heavy (non-hydrogen) atoms. The minimum absolute atomic E-state index is 0.315. The largest absolute Gasteiger partial charge is 0.506 e. The highest BCUT2D eigenvalue weighted by Crippen LogP contribution is 2.43. The molecule has 0 unspecified atom stereocenters. The molecule has 0 saturated carbocycles. The average molecular weight is 336 g/mol. The molecule has 0 aromatic heterocycles. The summed E-state index contributed by atoms with van der Waals surface area (Å²) in [5.74, 6) is 0.315. The Hall–Kier alpha value is -2.42. The molecule has 1 heterocycles. The van der Waals surface area contributed by atoms with E-state index >= 15 is 0 Å². The number of allylic oxidation sites excluding steroid dienone is 5. The van der Waals surface area contributed by atoms with Crippen molar-refractivity contribution < 1.29 is 5.11 Å². The van der Waals surface area contributed by atoms with Gasteiger partial charge in [0.1, 0.15) is 5.76 Å². The summed E-state index contributed by atoms with van der Waals surface area (Å²) in [5.41, 5.74) is 6.72. The van der Waals surface area contributed by atoms with Crippen LogP contribution < -0.4 is 0 Å². The Morgan fingerprint density at radius 2 is 2.04 bits per heavy atom. The maximum atomic E-state index is 11.1. The zero-order chi connectivity index (χ0) is 18.1. The van der Waals surface area contributed by atoms with Gasteiger partial charge in [-0.15, -0.1) is 0 Å². The summed E-state index contributed by atoms with van der Waals surface area (Å²) in [4.78, 5) is 4.24. The third-order valence-corrected chi connectivity index (χ3v) is 5.29. The SMILES string of the molecule is C=C1C(C(=C)N(CC)C2=CCCC=C2)=C(O)C2=C(C)CCC=C2N1C. The normalized spacial score (nSPS) is 20.4. The summed E-state index contributed by atoms with van der Waals surface area (Å²) >= 11 is 0. The zero-order valence-corrected chi connectivity index (χ0v) is 15.6. The molecule has 0 saturated heterocycles. The van der Waals surface area contributed by atoms with Crippen LogP contribution in [-0.4, -0.2) is 28.5 Å². The fourth-order valence-electron chi connectivity index (χ4n) is 3.84.